The van der Waals surface area contributed by atoms with Crippen LogP contribution in [0.1, 0.15) is 30.9 Å². The fourth-order valence-corrected chi connectivity index (χ4v) is 7.08. The van der Waals surface area contributed by atoms with E-state index in [-0.39, 0.29) is 34.5 Å². The lowest BCUT2D eigenvalue weighted by Gasteiger charge is -2.34. The summed E-state index contributed by atoms with van der Waals surface area (Å²) in [5.74, 6) is -0.514. The van der Waals surface area contributed by atoms with Crippen LogP contribution in [0.3, 0.4) is 0 Å². The van der Waals surface area contributed by atoms with Crippen molar-refractivity contribution in [1.29, 1.82) is 0 Å². The van der Waals surface area contributed by atoms with Crippen LogP contribution in [0.2, 0.25) is 5.02 Å². The molecule has 0 radical (unpaired) electrons. The second kappa shape index (κ2) is 16.6. The fourth-order valence-electron chi connectivity index (χ4n) is 4.95. The average Bonchev–Trinajstić information content (AvgIpc) is 3.06. The highest BCUT2D eigenvalue weighted by molar-refractivity contribution is 9.10. The third-order valence-electron chi connectivity index (χ3n) is 7.38. The van der Waals surface area contributed by atoms with Crippen molar-refractivity contribution in [2.45, 2.75) is 43.7 Å². The van der Waals surface area contributed by atoms with E-state index in [2.05, 4.69) is 21.2 Å². The van der Waals surface area contributed by atoms with Crippen molar-refractivity contribution >= 4 is 55.1 Å². The van der Waals surface area contributed by atoms with E-state index in [1.807, 2.05) is 61.5 Å². The lowest BCUT2D eigenvalue weighted by molar-refractivity contribution is -0.140. The number of nitrogens with one attached hydrogen (secondary N) is 1. The van der Waals surface area contributed by atoms with E-state index in [0.29, 0.717) is 12.3 Å². The van der Waals surface area contributed by atoms with Gasteiger partial charge in [0.2, 0.25) is 11.8 Å². The Morgan fingerprint density at radius 3 is 2.22 bits per heavy atom. The molecule has 46 heavy (non-hydrogen) atoms. The smallest absolute Gasteiger partial charge is 0.264 e. The zero-order chi connectivity index (χ0) is 33.1. The van der Waals surface area contributed by atoms with Crippen LogP contribution < -0.4 is 14.4 Å². The number of rotatable bonds is 15. The molecule has 0 fully saturated rings. The molecule has 4 aromatic rings. The van der Waals surface area contributed by atoms with Gasteiger partial charge >= 0.3 is 0 Å². The molecule has 0 saturated heterocycles. The molecule has 0 aliphatic heterocycles. The van der Waals surface area contributed by atoms with Gasteiger partial charge < -0.3 is 15.0 Å². The highest BCUT2D eigenvalue weighted by Crippen LogP contribution is 2.32. The molecule has 0 aromatic heterocycles. The molecule has 0 spiro atoms. The molecule has 1 atom stereocenters. The van der Waals surface area contributed by atoms with Gasteiger partial charge in [-0.2, -0.15) is 0 Å². The first kappa shape index (κ1) is 35.0. The molecule has 0 bridgehead atoms. The van der Waals surface area contributed by atoms with Gasteiger partial charge in [0.15, 0.2) is 0 Å². The first-order valence-electron chi connectivity index (χ1n) is 14.9. The van der Waals surface area contributed by atoms with Crippen LogP contribution in [0, 0.1) is 0 Å². The van der Waals surface area contributed by atoms with Crippen LogP contribution in [-0.2, 0) is 32.6 Å². The van der Waals surface area contributed by atoms with E-state index in [0.717, 1.165) is 32.7 Å². The van der Waals surface area contributed by atoms with Crippen LogP contribution in [-0.4, -0.2) is 51.4 Å². The number of sulfonamides is 1. The minimum Gasteiger partial charge on any atom is -0.495 e. The van der Waals surface area contributed by atoms with Crippen molar-refractivity contribution < 1.29 is 22.7 Å². The summed E-state index contributed by atoms with van der Waals surface area (Å²) in [6, 6.07) is 28.4. The standard InChI is InChI=1S/C35H37BrClN3O5S/c1-3-4-20-38-35(42)32(22-26-12-7-5-8-13-26)39(24-27-14-11-15-28(36)21-27)34(41)25-40(29-18-19-33(45-2)31(37)23-29)46(43,44)30-16-9-6-10-17-30/h5-19,21,23,32H,3-4,20,22,24-25H2,1-2H3,(H,38,42)/t32-/m1/s1. The molecule has 0 heterocycles. The summed E-state index contributed by atoms with van der Waals surface area (Å²) >= 11 is 9.93. The summed E-state index contributed by atoms with van der Waals surface area (Å²) in [5, 5.41) is 3.18. The molecular weight excluding hydrogens is 690 g/mol. The zero-order valence-corrected chi connectivity index (χ0v) is 28.9. The van der Waals surface area contributed by atoms with Gasteiger partial charge in [-0.3, -0.25) is 13.9 Å². The number of carbonyl (C=O) groups is 2. The van der Waals surface area contributed by atoms with E-state index in [4.69, 9.17) is 16.3 Å². The third-order valence-corrected chi connectivity index (χ3v) is 9.95. The van der Waals surface area contributed by atoms with Crippen molar-refractivity contribution in [3.8, 4) is 5.75 Å². The lowest BCUT2D eigenvalue weighted by atomic mass is 10.0. The molecular formula is C35H37BrClN3O5S. The minimum absolute atomic E-state index is 0.00595. The monoisotopic (exact) mass is 725 g/mol. The predicted octanol–water partition coefficient (Wildman–Crippen LogP) is 6.86. The molecule has 11 heteroatoms. The molecule has 4 rings (SSSR count). The van der Waals surface area contributed by atoms with E-state index in [1.165, 1.54) is 36.3 Å². The number of methoxy groups -OCH3 is 1. The van der Waals surface area contributed by atoms with Gasteiger partial charge in [-0.25, -0.2) is 8.42 Å². The lowest BCUT2D eigenvalue weighted by Crippen LogP contribution is -2.53. The average molecular weight is 727 g/mol. The summed E-state index contributed by atoms with van der Waals surface area (Å²) in [6.07, 6.45) is 1.91. The number of anilines is 1. The predicted molar refractivity (Wildman–Crippen MR) is 186 cm³/mol. The number of nitrogens with zero attached hydrogens (tertiary/aromatic N) is 2. The Bertz CT molecular complexity index is 1720. The Kier molecular flexibility index (Phi) is 12.7. The summed E-state index contributed by atoms with van der Waals surface area (Å²) in [5.41, 5.74) is 1.81. The van der Waals surface area contributed by atoms with Crippen LogP contribution in [0.15, 0.2) is 112 Å². The molecule has 4 aromatic carbocycles. The Hall–Kier alpha value is -3.86. The second-order valence-corrected chi connectivity index (χ2v) is 13.8. The SMILES string of the molecule is CCCCNC(=O)[C@@H](Cc1ccccc1)N(Cc1cccc(Br)c1)C(=O)CN(c1ccc(OC)c(Cl)c1)S(=O)(=O)c1ccccc1. The fraction of sp³-hybridized carbons (Fsp3) is 0.257. The van der Waals surface area contributed by atoms with Crippen molar-refractivity contribution in [1.82, 2.24) is 10.2 Å². The minimum atomic E-state index is -4.24. The zero-order valence-electron chi connectivity index (χ0n) is 25.7. The molecule has 0 unspecified atom stereocenters. The van der Waals surface area contributed by atoms with Crippen LogP contribution >= 0.6 is 27.5 Å². The number of halogens is 2. The van der Waals surface area contributed by atoms with Gasteiger partial charge in [-0.1, -0.05) is 102 Å². The molecule has 0 saturated carbocycles. The van der Waals surface area contributed by atoms with Crippen LogP contribution in [0.4, 0.5) is 5.69 Å². The summed E-state index contributed by atoms with van der Waals surface area (Å²) in [6.45, 7) is 1.98. The number of carbonyl (C=O) groups excluding carboxylic acids is 2. The molecule has 0 aliphatic carbocycles. The summed E-state index contributed by atoms with van der Waals surface area (Å²) < 4.78 is 35.4. The van der Waals surface area contributed by atoms with Gasteiger partial charge in [-0.05, 0) is 60.0 Å². The van der Waals surface area contributed by atoms with E-state index >= 15 is 0 Å². The summed E-state index contributed by atoms with van der Waals surface area (Å²) in [7, 11) is -2.78. The maximum absolute atomic E-state index is 14.5. The number of amides is 2. The van der Waals surface area contributed by atoms with E-state index < -0.39 is 28.5 Å². The highest BCUT2D eigenvalue weighted by atomic mass is 79.9. The molecule has 1 N–H and O–H groups in total. The van der Waals surface area contributed by atoms with E-state index in [9.17, 15) is 18.0 Å². The van der Waals surface area contributed by atoms with Gasteiger partial charge in [-0.15, -0.1) is 0 Å². The Labute approximate surface area is 284 Å². The topological polar surface area (TPSA) is 96.0 Å². The Morgan fingerprint density at radius 1 is 0.913 bits per heavy atom. The third kappa shape index (κ3) is 9.11. The molecule has 8 nitrogen and oxygen atoms in total. The molecule has 242 valence electrons. The maximum atomic E-state index is 14.5. The normalized spacial score (nSPS) is 11.8. The first-order chi connectivity index (χ1) is 22.1. The van der Waals surface area contributed by atoms with Crippen molar-refractivity contribution in [2.24, 2.45) is 0 Å². The van der Waals surface area contributed by atoms with Gasteiger partial charge in [0.1, 0.15) is 18.3 Å². The van der Waals surface area contributed by atoms with Gasteiger partial charge in [0.05, 0.1) is 22.7 Å². The summed E-state index contributed by atoms with van der Waals surface area (Å²) in [4.78, 5) is 29.8. The number of benzene rings is 4. The Balaban J connectivity index is 1.81. The van der Waals surface area contributed by atoms with Crippen LogP contribution in [0.25, 0.3) is 0 Å². The van der Waals surface area contributed by atoms with Crippen molar-refractivity contribution in [2.75, 3.05) is 24.5 Å². The maximum Gasteiger partial charge on any atom is 0.264 e. The van der Waals surface area contributed by atoms with Gasteiger partial charge in [0.25, 0.3) is 10.0 Å². The number of hydrogen-bond acceptors (Lipinski definition) is 5. The highest BCUT2D eigenvalue weighted by Gasteiger charge is 2.34. The Morgan fingerprint density at radius 2 is 1.59 bits per heavy atom. The largest absolute Gasteiger partial charge is 0.495 e. The van der Waals surface area contributed by atoms with E-state index in [1.54, 1.807) is 24.3 Å². The molecule has 2 amide bonds. The number of hydrogen-bond donors (Lipinski definition) is 1. The first-order valence-corrected chi connectivity index (χ1v) is 17.5. The van der Waals surface area contributed by atoms with Crippen molar-refractivity contribution in [3.05, 3.63) is 124 Å². The van der Waals surface area contributed by atoms with Gasteiger partial charge in [0, 0.05) is 24.0 Å². The van der Waals surface area contributed by atoms with Crippen LogP contribution in [0.5, 0.6) is 5.75 Å². The number of ether oxygens (including phenoxy) is 1. The number of unbranched alkanes of at least 4 members (excludes halogenated alkanes) is 1. The van der Waals surface area contributed by atoms with Crippen molar-refractivity contribution in [3.63, 3.8) is 0 Å². The second-order valence-electron chi connectivity index (χ2n) is 10.6. The molecule has 0 aliphatic rings. The quantitative estimate of drug-likeness (QED) is 0.135.